The predicted molar refractivity (Wildman–Crippen MR) is 74.8 cm³/mol. The van der Waals surface area contributed by atoms with Crippen LogP contribution in [0.1, 0.15) is 11.3 Å². The minimum absolute atomic E-state index is 0. The molecule has 0 spiro atoms. The van der Waals surface area contributed by atoms with Crippen LogP contribution in [-0.2, 0) is 16.1 Å². The van der Waals surface area contributed by atoms with E-state index in [2.05, 4.69) is 0 Å². The van der Waals surface area contributed by atoms with E-state index in [9.17, 15) is 9.59 Å². The molecule has 18 heavy (non-hydrogen) atoms. The third kappa shape index (κ3) is 5.22. The van der Waals surface area contributed by atoms with E-state index in [1.54, 1.807) is 13.1 Å². The third-order valence-electron chi connectivity index (χ3n) is 2.14. The Hall–Kier alpha value is -0.820. The Balaban J connectivity index is 0.00000289. The number of nitrogens with two attached hydrogens (primary N) is 2. The van der Waals surface area contributed by atoms with Gasteiger partial charge in [-0.05, 0) is 12.1 Å². The molecule has 0 saturated heterocycles. The molecule has 5 nitrogen and oxygen atoms in total. The molecule has 0 aromatic carbocycles. The number of carbonyl (C=O) groups is 2. The van der Waals surface area contributed by atoms with Crippen molar-refractivity contribution in [1.82, 2.24) is 4.90 Å². The number of hydrogen-bond donors (Lipinski definition) is 2. The van der Waals surface area contributed by atoms with Crippen LogP contribution in [0.2, 0.25) is 4.34 Å². The van der Waals surface area contributed by atoms with Gasteiger partial charge in [0, 0.05) is 11.9 Å². The van der Waals surface area contributed by atoms with Gasteiger partial charge in [0.2, 0.25) is 11.8 Å². The molecule has 1 aromatic heterocycles. The maximum absolute atomic E-state index is 11.8. The molecular formula is C10H15Cl2N3O2S. The maximum atomic E-state index is 11.8. The second-order valence-corrected chi connectivity index (χ2v) is 5.48. The topological polar surface area (TPSA) is 89.4 Å². The Morgan fingerprint density at radius 3 is 2.56 bits per heavy atom. The highest BCUT2D eigenvalue weighted by molar-refractivity contribution is 7.16. The number of amides is 2. The van der Waals surface area contributed by atoms with Crippen LogP contribution in [0, 0.1) is 0 Å². The number of nitrogens with zero attached hydrogens (tertiary/aromatic N) is 1. The van der Waals surface area contributed by atoms with Gasteiger partial charge in [-0.15, -0.1) is 23.7 Å². The maximum Gasteiger partial charge on any atom is 0.240 e. The minimum Gasteiger partial charge on any atom is -0.370 e. The van der Waals surface area contributed by atoms with Crippen LogP contribution in [-0.4, -0.2) is 29.8 Å². The zero-order valence-corrected chi connectivity index (χ0v) is 12.1. The fourth-order valence-corrected chi connectivity index (χ4v) is 2.48. The van der Waals surface area contributed by atoms with E-state index >= 15 is 0 Å². The quantitative estimate of drug-likeness (QED) is 0.849. The van der Waals surface area contributed by atoms with Crippen LogP contribution in [0.3, 0.4) is 0 Å². The summed E-state index contributed by atoms with van der Waals surface area (Å²) in [4.78, 5) is 24.8. The lowest BCUT2D eigenvalue weighted by atomic mass is 10.2. The Labute approximate surface area is 120 Å². The number of thiophene rings is 1. The smallest absolute Gasteiger partial charge is 0.240 e. The van der Waals surface area contributed by atoms with Crippen molar-refractivity contribution in [3.63, 3.8) is 0 Å². The highest BCUT2D eigenvalue weighted by atomic mass is 35.5. The number of halogens is 2. The van der Waals surface area contributed by atoms with E-state index < -0.39 is 11.9 Å². The number of carbonyl (C=O) groups excluding carboxylic acids is 2. The molecule has 0 radical (unpaired) electrons. The van der Waals surface area contributed by atoms with Crippen molar-refractivity contribution in [1.29, 1.82) is 0 Å². The summed E-state index contributed by atoms with van der Waals surface area (Å²) in [6, 6.07) is 2.73. The summed E-state index contributed by atoms with van der Waals surface area (Å²) in [5.41, 5.74) is 10.5. The molecule has 8 heteroatoms. The van der Waals surface area contributed by atoms with E-state index in [0.29, 0.717) is 10.9 Å². The second-order valence-electron chi connectivity index (χ2n) is 3.68. The largest absolute Gasteiger partial charge is 0.370 e. The summed E-state index contributed by atoms with van der Waals surface area (Å²) in [6.45, 7) is 0.419. The van der Waals surface area contributed by atoms with Crippen LogP contribution in [0.4, 0.5) is 0 Å². The number of rotatable bonds is 5. The second kappa shape index (κ2) is 7.58. The number of hydrogen-bond acceptors (Lipinski definition) is 4. The van der Waals surface area contributed by atoms with Crippen LogP contribution < -0.4 is 11.5 Å². The molecule has 0 aliphatic rings. The third-order valence-corrected chi connectivity index (χ3v) is 3.35. The molecular weight excluding hydrogens is 297 g/mol. The molecule has 0 bridgehead atoms. The SMILES string of the molecule is CN(Cc1ccc(Cl)s1)C(=O)C(N)CC(N)=O.Cl. The van der Waals surface area contributed by atoms with Crippen LogP contribution >= 0.6 is 35.3 Å². The highest BCUT2D eigenvalue weighted by Crippen LogP contribution is 2.22. The van der Waals surface area contributed by atoms with E-state index in [1.165, 1.54) is 16.2 Å². The number of likely N-dealkylation sites (N-methyl/N-ethyl adjacent to an activating group) is 1. The van der Waals surface area contributed by atoms with Crippen molar-refractivity contribution in [3.05, 3.63) is 21.3 Å². The first-order valence-electron chi connectivity index (χ1n) is 4.93. The average Bonchev–Trinajstić information content (AvgIpc) is 2.61. The Bertz CT molecular complexity index is 425. The first-order valence-corrected chi connectivity index (χ1v) is 6.12. The molecule has 102 valence electrons. The van der Waals surface area contributed by atoms with Gasteiger partial charge in [0.1, 0.15) is 0 Å². The van der Waals surface area contributed by atoms with Gasteiger partial charge in [-0.1, -0.05) is 11.6 Å². The van der Waals surface area contributed by atoms with Gasteiger partial charge >= 0.3 is 0 Å². The molecule has 0 saturated carbocycles. The van der Waals surface area contributed by atoms with Gasteiger partial charge in [-0.2, -0.15) is 0 Å². The first kappa shape index (κ1) is 17.2. The predicted octanol–water partition coefficient (Wildman–Crippen LogP) is 0.984. The summed E-state index contributed by atoms with van der Waals surface area (Å²) in [5, 5.41) is 0. The molecule has 1 rings (SSSR count). The van der Waals surface area contributed by atoms with Crippen LogP contribution in [0.25, 0.3) is 0 Å². The zero-order valence-electron chi connectivity index (χ0n) is 9.76. The van der Waals surface area contributed by atoms with Gasteiger partial charge in [0.05, 0.1) is 23.3 Å². The molecule has 1 heterocycles. The van der Waals surface area contributed by atoms with Gasteiger partial charge in [-0.3, -0.25) is 9.59 Å². The monoisotopic (exact) mass is 311 g/mol. The van der Waals surface area contributed by atoms with Crippen molar-refractivity contribution in [2.75, 3.05) is 7.05 Å². The average molecular weight is 312 g/mol. The van der Waals surface area contributed by atoms with Crippen molar-refractivity contribution in [2.45, 2.75) is 19.0 Å². The van der Waals surface area contributed by atoms with Crippen molar-refractivity contribution < 1.29 is 9.59 Å². The first-order chi connectivity index (χ1) is 7.90. The standard InChI is InChI=1S/C10H14ClN3O2S.ClH/c1-14(5-6-2-3-8(11)17-6)10(16)7(12)4-9(13)15;/h2-3,7H,4-5,12H2,1H3,(H2,13,15);1H. The molecule has 4 N–H and O–H groups in total. The lowest BCUT2D eigenvalue weighted by molar-refractivity contribution is -0.133. The van der Waals surface area contributed by atoms with E-state index in [0.717, 1.165) is 4.88 Å². The molecule has 1 unspecified atom stereocenters. The van der Waals surface area contributed by atoms with Gasteiger partial charge < -0.3 is 16.4 Å². The fraction of sp³-hybridized carbons (Fsp3) is 0.400. The molecule has 1 aromatic rings. The van der Waals surface area contributed by atoms with Gasteiger partial charge in [0.15, 0.2) is 0 Å². The van der Waals surface area contributed by atoms with Gasteiger partial charge in [-0.25, -0.2) is 0 Å². The van der Waals surface area contributed by atoms with Crippen LogP contribution in [0.15, 0.2) is 12.1 Å². The molecule has 0 aliphatic carbocycles. The van der Waals surface area contributed by atoms with E-state index in [-0.39, 0.29) is 24.7 Å². The number of primary amides is 1. The van der Waals surface area contributed by atoms with E-state index in [1.807, 2.05) is 6.07 Å². The lowest BCUT2D eigenvalue weighted by Crippen LogP contribution is -2.43. The molecule has 2 amide bonds. The van der Waals surface area contributed by atoms with Crippen LogP contribution in [0.5, 0.6) is 0 Å². The highest BCUT2D eigenvalue weighted by Gasteiger charge is 2.20. The van der Waals surface area contributed by atoms with Gasteiger partial charge in [0.25, 0.3) is 0 Å². The summed E-state index contributed by atoms with van der Waals surface area (Å²) >= 11 is 7.18. The summed E-state index contributed by atoms with van der Waals surface area (Å²) < 4.78 is 0.669. The molecule has 0 aliphatic heterocycles. The Morgan fingerprint density at radius 1 is 1.50 bits per heavy atom. The van der Waals surface area contributed by atoms with Crippen molar-refractivity contribution in [3.8, 4) is 0 Å². The summed E-state index contributed by atoms with van der Waals surface area (Å²) in [5.74, 6) is -0.897. The zero-order chi connectivity index (χ0) is 13.0. The van der Waals surface area contributed by atoms with Crippen molar-refractivity contribution in [2.24, 2.45) is 11.5 Å². The Kier molecular flexibility index (Phi) is 7.23. The lowest BCUT2D eigenvalue weighted by Gasteiger charge is -2.19. The summed E-state index contributed by atoms with van der Waals surface area (Å²) in [7, 11) is 1.62. The summed E-state index contributed by atoms with van der Waals surface area (Å²) in [6.07, 6.45) is -0.144. The fourth-order valence-electron chi connectivity index (χ4n) is 1.34. The molecule has 0 fully saturated rings. The normalized spacial score (nSPS) is 11.5. The minimum atomic E-state index is -0.882. The van der Waals surface area contributed by atoms with Crippen molar-refractivity contribution >= 4 is 47.2 Å². The molecule has 1 atom stereocenters. The van der Waals surface area contributed by atoms with E-state index in [4.69, 9.17) is 23.1 Å². The Morgan fingerprint density at radius 2 is 2.11 bits per heavy atom.